The highest BCUT2D eigenvalue weighted by atomic mass is 16.6. The van der Waals surface area contributed by atoms with Crippen LogP contribution in [0.15, 0.2) is 0 Å². The fourth-order valence-corrected chi connectivity index (χ4v) is 1.81. The molecule has 2 radical (unpaired) electrons. The Kier molecular flexibility index (Phi) is 4.01. The Morgan fingerprint density at radius 2 is 2.00 bits per heavy atom. The maximum atomic E-state index is 11.7. The molecule has 1 rings (SSSR count). The summed E-state index contributed by atoms with van der Waals surface area (Å²) in [6.07, 6.45) is -0.443. The first-order valence-electron chi connectivity index (χ1n) is 5.64. The summed E-state index contributed by atoms with van der Waals surface area (Å²) in [4.78, 5) is 23.8. The Bertz CT molecular complexity index is 308. The predicted molar refractivity (Wildman–Crippen MR) is 61.3 cm³/mol. The molecule has 0 spiro atoms. The monoisotopic (exact) mass is 241 g/mol. The Labute approximate surface area is 102 Å². The number of nitrogens with zero attached hydrogens (tertiary/aromatic N) is 1. The van der Waals surface area contributed by atoms with Gasteiger partial charge in [-0.1, -0.05) is 0 Å². The van der Waals surface area contributed by atoms with Gasteiger partial charge in [0.05, 0.1) is 6.42 Å². The largest absolute Gasteiger partial charge is 0.481 e. The van der Waals surface area contributed by atoms with E-state index >= 15 is 0 Å². The number of carboxylic acids is 1. The van der Waals surface area contributed by atoms with Crippen LogP contribution in [0.5, 0.6) is 0 Å². The van der Waals surface area contributed by atoms with Gasteiger partial charge in [0.25, 0.3) is 0 Å². The number of hydrogen-bond acceptors (Lipinski definition) is 3. The maximum Gasteiger partial charge on any atom is 0.410 e. The number of likely N-dealkylation sites (tertiary alicyclic amines) is 1. The van der Waals surface area contributed by atoms with E-state index in [2.05, 4.69) is 0 Å². The normalized spacial score (nSPS) is 24.8. The van der Waals surface area contributed by atoms with Crippen LogP contribution >= 0.6 is 0 Å². The third kappa shape index (κ3) is 4.24. The van der Waals surface area contributed by atoms with Crippen molar-refractivity contribution in [2.24, 2.45) is 11.8 Å². The topological polar surface area (TPSA) is 66.8 Å². The molecule has 5 heteroatoms. The van der Waals surface area contributed by atoms with E-state index < -0.39 is 17.7 Å². The van der Waals surface area contributed by atoms with Crippen molar-refractivity contribution < 1.29 is 19.4 Å². The van der Waals surface area contributed by atoms with Gasteiger partial charge in [-0.3, -0.25) is 4.79 Å². The number of amides is 1. The zero-order valence-corrected chi connectivity index (χ0v) is 10.5. The van der Waals surface area contributed by atoms with E-state index in [0.29, 0.717) is 13.1 Å². The van der Waals surface area contributed by atoms with Crippen LogP contribution in [0.2, 0.25) is 0 Å². The number of carboxylic acid groups (broad SMARTS) is 1. The summed E-state index contributed by atoms with van der Waals surface area (Å²) in [5.41, 5.74) is -0.550. The number of carbonyl (C=O) groups is 2. The summed E-state index contributed by atoms with van der Waals surface area (Å²) in [6, 6.07) is 0. The van der Waals surface area contributed by atoms with Crippen LogP contribution in [0, 0.1) is 18.8 Å². The molecule has 1 fully saturated rings. The van der Waals surface area contributed by atoms with Crippen molar-refractivity contribution in [2.75, 3.05) is 13.1 Å². The molecule has 0 bridgehead atoms. The highest BCUT2D eigenvalue weighted by Gasteiger charge is 2.35. The summed E-state index contributed by atoms with van der Waals surface area (Å²) in [5.74, 6) is -1.38. The van der Waals surface area contributed by atoms with Crippen molar-refractivity contribution in [3.8, 4) is 0 Å². The molecule has 1 aliphatic heterocycles. The lowest BCUT2D eigenvalue weighted by Gasteiger charge is -2.24. The van der Waals surface area contributed by atoms with Crippen LogP contribution < -0.4 is 0 Å². The van der Waals surface area contributed by atoms with E-state index in [4.69, 9.17) is 16.8 Å². The van der Waals surface area contributed by atoms with Crippen molar-refractivity contribution in [2.45, 2.75) is 32.8 Å². The minimum Gasteiger partial charge on any atom is -0.481 e. The first-order valence-corrected chi connectivity index (χ1v) is 5.64. The molecule has 5 nitrogen and oxygen atoms in total. The standard InChI is InChI=1S/C12H19NO4/c1-8-6-13(7-9(8)5-10(14)15)11(16)17-12(2,3)4/h1,8-9H,5-7H2,2-4H3,(H,14,15)/t8-,9+/m1/s1. The lowest BCUT2D eigenvalue weighted by molar-refractivity contribution is -0.138. The van der Waals surface area contributed by atoms with Gasteiger partial charge in [-0.2, -0.15) is 0 Å². The highest BCUT2D eigenvalue weighted by Crippen LogP contribution is 2.26. The van der Waals surface area contributed by atoms with E-state index in [1.54, 1.807) is 20.8 Å². The van der Waals surface area contributed by atoms with Crippen molar-refractivity contribution >= 4 is 12.1 Å². The average molecular weight is 241 g/mol. The molecule has 0 aromatic rings. The van der Waals surface area contributed by atoms with Crippen LogP contribution in [0.1, 0.15) is 27.2 Å². The van der Waals surface area contributed by atoms with Gasteiger partial charge in [0.2, 0.25) is 0 Å². The van der Waals surface area contributed by atoms with Gasteiger partial charge in [0, 0.05) is 13.1 Å². The van der Waals surface area contributed by atoms with E-state index in [-0.39, 0.29) is 18.3 Å². The van der Waals surface area contributed by atoms with Gasteiger partial charge >= 0.3 is 12.1 Å². The summed E-state index contributed by atoms with van der Waals surface area (Å²) in [6.45, 7) is 11.9. The van der Waals surface area contributed by atoms with Crippen molar-refractivity contribution in [3.63, 3.8) is 0 Å². The summed E-state index contributed by atoms with van der Waals surface area (Å²) >= 11 is 0. The van der Waals surface area contributed by atoms with Crippen molar-refractivity contribution in [1.29, 1.82) is 0 Å². The van der Waals surface area contributed by atoms with E-state index in [1.165, 1.54) is 4.90 Å². The summed E-state index contributed by atoms with van der Waals surface area (Å²) in [7, 11) is 0. The second-order valence-corrected chi connectivity index (χ2v) is 5.41. The summed E-state index contributed by atoms with van der Waals surface area (Å²) in [5, 5.41) is 8.71. The van der Waals surface area contributed by atoms with E-state index in [9.17, 15) is 9.59 Å². The molecule has 96 valence electrons. The average Bonchev–Trinajstić information content (AvgIpc) is 2.44. The third-order valence-electron chi connectivity index (χ3n) is 2.58. The van der Waals surface area contributed by atoms with Crippen LogP contribution in [0.4, 0.5) is 4.79 Å². The first-order chi connectivity index (χ1) is 7.69. The molecule has 17 heavy (non-hydrogen) atoms. The van der Waals surface area contributed by atoms with Crippen molar-refractivity contribution in [3.05, 3.63) is 6.92 Å². The van der Waals surface area contributed by atoms with Gasteiger partial charge < -0.3 is 14.7 Å². The summed E-state index contributed by atoms with van der Waals surface area (Å²) < 4.78 is 5.21. The SMILES string of the molecule is [CH][C@@H]1CN(C(=O)OC(C)(C)C)C[C@@H]1CC(=O)O. The fraction of sp³-hybridized carbons (Fsp3) is 0.750. The fourth-order valence-electron chi connectivity index (χ4n) is 1.81. The van der Waals surface area contributed by atoms with Crippen LogP contribution in [-0.2, 0) is 9.53 Å². The zero-order chi connectivity index (χ0) is 13.2. The Morgan fingerprint density at radius 1 is 1.41 bits per heavy atom. The zero-order valence-electron chi connectivity index (χ0n) is 10.5. The van der Waals surface area contributed by atoms with Gasteiger partial charge in [0.15, 0.2) is 0 Å². The van der Waals surface area contributed by atoms with Crippen LogP contribution in [-0.4, -0.2) is 40.8 Å². The number of ether oxygens (including phenoxy) is 1. The quantitative estimate of drug-likeness (QED) is 0.798. The maximum absolute atomic E-state index is 11.7. The molecule has 1 heterocycles. The molecule has 1 N–H and O–H groups in total. The molecule has 1 saturated heterocycles. The third-order valence-corrected chi connectivity index (χ3v) is 2.58. The second-order valence-electron chi connectivity index (χ2n) is 5.41. The number of hydrogen-bond donors (Lipinski definition) is 1. The van der Waals surface area contributed by atoms with Gasteiger partial charge in [-0.05, 0) is 39.5 Å². The number of carbonyl (C=O) groups excluding carboxylic acids is 1. The first kappa shape index (κ1) is 13.8. The molecule has 1 amide bonds. The molecular formula is C12H19NO4. The van der Waals surface area contributed by atoms with Gasteiger partial charge in [-0.25, -0.2) is 4.79 Å². The van der Waals surface area contributed by atoms with Crippen LogP contribution in [0.3, 0.4) is 0 Å². The molecule has 0 aromatic carbocycles. The minimum atomic E-state index is -0.892. The lowest BCUT2D eigenvalue weighted by Crippen LogP contribution is -2.35. The molecule has 2 atom stereocenters. The highest BCUT2D eigenvalue weighted by molar-refractivity contribution is 5.70. The Balaban J connectivity index is 2.53. The smallest absolute Gasteiger partial charge is 0.410 e. The Morgan fingerprint density at radius 3 is 2.47 bits per heavy atom. The van der Waals surface area contributed by atoms with E-state index in [1.807, 2.05) is 0 Å². The molecule has 0 aromatic heterocycles. The van der Waals surface area contributed by atoms with Crippen molar-refractivity contribution in [1.82, 2.24) is 4.90 Å². The number of aliphatic carboxylic acids is 1. The number of rotatable bonds is 2. The molecular weight excluding hydrogens is 222 g/mol. The minimum absolute atomic E-state index is 0.0134. The molecule has 0 unspecified atom stereocenters. The lowest BCUT2D eigenvalue weighted by atomic mass is 9.95. The van der Waals surface area contributed by atoms with Gasteiger partial charge in [-0.15, -0.1) is 0 Å². The molecule has 0 saturated carbocycles. The van der Waals surface area contributed by atoms with Gasteiger partial charge in [0.1, 0.15) is 5.60 Å². The molecule has 1 aliphatic rings. The van der Waals surface area contributed by atoms with E-state index in [0.717, 1.165) is 0 Å². The van der Waals surface area contributed by atoms with Crippen LogP contribution in [0.25, 0.3) is 0 Å². The Hall–Kier alpha value is -1.26. The second kappa shape index (κ2) is 4.94. The predicted octanol–water partition coefficient (Wildman–Crippen LogP) is 1.66. The molecule has 0 aliphatic carbocycles.